The summed E-state index contributed by atoms with van der Waals surface area (Å²) in [4.78, 5) is 0. The molecule has 0 amide bonds. The molecule has 1 atom stereocenters. The monoisotopic (exact) mass is 336 g/mol. The molecule has 1 rings (SSSR count). The molecule has 0 saturated heterocycles. The number of halogens is 8. The summed E-state index contributed by atoms with van der Waals surface area (Å²) in [6.45, 7) is 3.11. The van der Waals surface area contributed by atoms with Gasteiger partial charge in [0.2, 0.25) is 0 Å². The largest absolute Gasteiger partial charge is 0.430 e. The van der Waals surface area contributed by atoms with Crippen LogP contribution in [-0.2, 0) is 5.60 Å². The van der Waals surface area contributed by atoms with Gasteiger partial charge in [-0.1, -0.05) is 13.8 Å². The first-order valence-electron chi connectivity index (χ1n) is 6.12. The molecule has 1 nitrogen and oxygen atoms in total. The number of aliphatic hydroxyl groups is 1. The van der Waals surface area contributed by atoms with Crippen LogP contribution in [0.5, 0.6) is 0 Å². The Morgan fingerprint density at radius 1 is 0.955 bits per heavy atom. The molecule has 0 fully saturated rings. The van der Waals surface area contributed by atoms with Crippen molar-refractivity contribution < 1.29 is 40.2 Å². The normalized spacial score (nSPS) is 15.0. The Morgan fingerprint density at radius 3 is 1.59 bits per heavy atom. The molecule has 1 aromatic carbocycles. The summed E-state index contributed by atoms with van der Waals surface area (Å²) in [5.41, 5.74) is -8.20. The summed E-state index contributed by atoms with van der Waals surface area (Å²) >= 11 is 0. The van der Waals surface area contributed by atoms with Crippen molar-refractivity contribution in [3.63, 3.8) is 0 Å². The smallest absolute Gasteiger partial charge is 0.369 e. The SMILES string of the molecule is CCC(C)c1cc(F)c(C(O)(C(F)(F)F)C(F)(F)F)c(F)c1. The molecule has 22 heavy (non-hydrogen) atoms. The molecule has 0 aliphatic heterocycles. The van der Waals surface area contributed by atoms with Gasteiger partial charge < -0.3 is 5.11 Å². The fourth-order valence-electron chi connectivity index (χ4n) is 1.90. The zero-order chi connectivity index (χ0) is 17.5. The van der Waals surface area contributed by atoms with Gasteiger partial charge in [-0.2, -0.15) is 26.3 Å². The molecule has 0 aromatic heterocycles. The van der Waals surface area contributed by atoms with Crippen LogP contribution in [0.15, 0.2) is 12.1 Å². The van der Waals surface area contributed by atoms with Gasteiger partial charge >= 0.3 is 12.4 Å². The third-order valence-electron chi connectivity index (χ3n) is 3.43. The minimum Gasteiger partial charge on any atom is -0.369 e. The lowest BCUT2D eigenvalue weighted by molar-refractivity contribution is -0.377. The minimum absolute atomic E-state index is 0.104. The maximum Gasteiger partial charge on any atom is 0.430 e. The van der Waals surface area contributed by atoms with Gasteiger partial charge in [-0.15, -0.1) is 0 Å². The second-order valence-corrected chi connectivity index (χ2v) is 4.87. The van der Waals surface area contributed by atoms with Crippen molar-refractivity contribution >= 4 is 0 Å². The highest BCUT2D eigenvalue weighted by molar-refractivity contribution is 5.34. The van der Waals surface area contributed by atoms with E-state index >= 15 is 0 Å². The number of hydrogen-bond acceptors (Lipinski definition) is 1. The molecule has 1 N–H and O–H groups in total. The van der Waals surface area contributed by atoms with Crippen molar-refractivity contribution in [1.29, 1.82) is 0 Å². The summed E-state index contributed by atoms with van der Waals surface area (Å²) < 4.78 is 104. The fourth-order valence-corrected chi connectivity index (χ4v) is 1.90. The van der Waals surface area contributed by atoms with Crippen molar-refractivity contribution in [2.24, 2.45) is 0 Å². The van der Waals surface area contributed by atoms with Crippen LogP contribution in [0.4, 0.5) is 35.1 Å². The molecule has 0 aliphatic rings. The standard InChI is InChI=1S/C13H12F8O/c1-3-6(2)7-4-8(14)10(9(15)5-7)11(22,12(16,17)18)13(19,20)21/h4-6,22H,3H2,1-2H3. The van der Waals surface area contributed by atoms with E-state index in [1.54, 1.807) is 6.92 Å². The molecule has 0 radical (unpaired) electrons. The summed E-state index contributed by atoms with van der Waals surface area (Å²) in [5.74, 6) is -4.69. The average Bonchev–Trinajstić information content (AvgIpc) is 2.33. The van der Waals surface area contributed by atoms with Crippen LogP contribution < -0.4 is 0 Å². The van der Waals surface area contributed by atoms with Crippen LogP contribution >= 0.6 is 0 Å². The van der Waals surface area contributed by atoms with Crippen LogP contribution in [0.1, 0.15) is 37.3 Å². The lowest BCUT2D eigenvalue weighted by atomic mass is 9.88. The summed E-state index contributed by atoms with van der Waals surface area (Å²) in [6.07, 6.45) is -12.3. The van der Waals surface area contributed by atoms with E-state index in [0.717, 1.165) is 0 Å². The first-order valence-corrected chi connectivity index (χ1v) is 6.12. The first-order chi connectivity index (χ1) is 9.77. The molecule has 0 saturated carbocycles. The minimum atomic E-state index is -6.34. The Morgan fingerprint density at radius 2 is 1.32 bits per heavy atom. The average molecular weight is 336 g/mol. The van der Waals surface area contributed by atoms with E-state index in [4.69, 9.17) is 5.11 Å². The third kappa shape index (κ3) is 2.90. The molecule has 9 heteroatoms. The lowest BCUT2D eigenvalue weighted by Crippen LogP contribution is -2.55. The van der Waals surface area contributed by atoms with Gasteiger partial charge in [0.25, 0.3) is 5.60 Å². The highest BCUT2D eigenvalue weighted by Gasteiger charge is 2.73. The summed E-state index contributed by atoms with van der Waals surface area (Å²) in [5, 5.41) is 9.07. The first kappa shape index (κ1) is 18.7. The highest BCUT2D eigenvalue weighted by Crippen LogP contribution is 2.51. The molecule has 0 aliphatic carbocycles. The second kappa shape index (κ2) is 5.68. The lowest BCUT2D eigenvalue weighted by Gasteiger charge is -2.33. The Balaban J connectivity index is 3.66. The topological polar surface area (TPSA) is 20.2 Å². The van der Waals surface area contributed by atoms with E-state index in [1.807, 2.05) is 0 Å². The molecule has 0 bridgehead atoms. The van der Waals surface area contributed by atoms with Crippen molar-refractivity contribution in [2.75, 3.05) is 0 Å². The van der Waals surface area contributed by atoms with Crippen molar-refractivity contribution in [3.8, 4) is 0 Å². The van der Waals surface area contributed by atoms with Crippen molar-refractivity contribution in [1.82, 2.24) is 0 Å². The molecular weight excluding hydrogens is 324 g/mol. The third-order valence-corrected chi connectivity index (χ3v) is 3.43. The van der Waals surface area contributed by atoms with Crippen LogP contribution in [0.3, 0.4) is 0 Å². The van der Waals surface area contributed by atoms with E-state index in [1.165, 1.54) is 6.92 Å². The Bertz CT molecular complexity index is 509. The Labute approximate surface area is 120 Å². The van der Waals surface area contributed by atoms with Gasteiger partial charge in [-0.25, -0.2) is 8.78 Å². The maximum atomic E-state index is 13.8. The van der Waals surface area contributed by atoms with Crippen LogP contribution in [0, 0.1) is 11.6 Å². The van der Waals surface area contributed by atoms with Crippen molar-refractivity contribution in [3.05, 3.63) is 34.9 Å². The number of hydrogen-bond donors (Lipinski definition) is 1. The quantitative estimate of drug-likeness (QED) is 0.787. The van der Waals surface area contributed by atoms with Crippen LogP contribution in [-0.4, -0.2) is 17.5 Å². The Kier molecular flexibility index (Phi) is 4.82. The van der Waals surface area contributed by atoms with Gasteiger partial charge in [-0.05, 0) is 30.0 Å². The van der Waals surface area contributed by atoms with Crippen molar-refractivity contribution in [2.45, 2.75) is 44.1 Å². The van der Waals surface area contributed by atoms with Gasteiger partial charge in [-0.3, -0.25) is 0 Å². The predicted octanol–water partition coefficient (Wildman–Crippen LogP) is 4.79. The number of alkyl halides is 6. The summed E-state index contributed by atoms with van der Waals surface area (Å²) in [7, 11) is 0. The fraction of sp³-hybridized carbons (Fsp3) is 0.538. The van der Waals surface area contributed by atoms with Crippen LogP contribution in [0.2, 0.25) is 0 Å². The highest BCUT2D eigenvalue weighted by atomic mass is 19.4. The van der Waals surface area contributed by atoms with Gasteiger partial charge in [0.05, 0.1) is 5.56 Å². The molecular formula is C13H12F8O. The number of rotatable bonds is 3. The van der Waals surface area contributed by atoms with E-state index in [-0.39, 0.29) is 5.56 Å². The van der Waals surface area contributed by atoms with Gasteiger partial charge in [0.1, 0.15) is 11.6 Å². The summed E-state index contributed by atoms with van der Waals surface area (Å²) in [6, 6.07) is 0.740. The number of benzene rings is 1. The molecule has 1 unspecified atom stereocenters. The molecule has 126 valence electrons. The van der Waals surface area contributed by atoms with E-state index < -0.39 is 41.1 Å². The molecule has 0 spiro atoms. The van der Waals surface area contributed by atoms with E-state index in [0.29, 0.717) is 18.6 Å². The van der Waals surface area contributed by atoms with Crippen LogP contribution in [0.25, 0.3) is 0 Å². The van der Waals surface area contributed by atoms with Gasteiger partial charge in [0, 0.05) is 0 Å². The second-order valence-electron chi connectivity index (χ2n) is 4.87. The zero-order valence-electron chi connectivity index (χ0n) is 11.4. The predicted molar refractivity (Wildman–Crippen MR) is 61.1 cm³/mol. The maximum absolute atomic E-state index is 13.8. The molecule has 1 aromatic rings. The van der Waals surface area contributed by atoms with E-state index in [9.17, 15) is 35.1 Å². The zero-order valence-corrected chi connectivity index (χ0v) is 11.4. The Hall–Kier alpha value is -1.38. The van der Waals surface area contributed by atoms with E-state index in [2.05, 4.69) is 0 Å². The van der Waals surface area contributed by atoms with Gasteiger partial charge in [0.15, 0.2) is 0 Å². The molecule has 0 heterocycles.